The number of piperazine rings is 1. The number of carbonyl (C=O) groups excluding carboxylic acids is 1. The van der Waals surface area contributed by atoms with Crippen LogP contribution in [0.5, 0.6) is 5.75 Å². The molecule has 0 atom stereocenters. The minimum Gasteiger partial charge on any atom is -0.484 e. The summed E-state index contributed by atoms with van der Waals surface area (Å²) in [5.74, 6) is -0.0391. The Hall–Kier alpha value is -3.65. The minimum absolute atomic E-state index is 0.141. The average Bonchev–Trinajstić information content (AvgIpc) is 2.92. The summed E-state index contributed by atoms with van der Waals surface area (Å²) in [6, 6.07) is 16.6. The van der Waals surface area contributed by atoms with Gasteiger partial charge >= 0.3 is 5.97 Å². The number of ether oxygens (including phenoxy) is 1. The third-order valence-electron chi connectivity index (χ3n) is 7.15. The van der Waals surface area contributed by atoms with E-state index in [-0.39, 0.29) is 18.1 Å². The van der Waals surface area contributed by atoms with E-state index >= 15 is 0 Å². The fourth-order valence-corrected chi connectivity index (χ4v) is 5.25. The summed E-state index contributed by atoms with van der Waals surface area (Å²) in [7, 11) is 0. The molecule has 2 aliphatic rings. The van der Waals surface area contributed by atoms with Crippen LogP contribution in [0.15, 0.2) is 54.6 Å². The Morgan fingerprint density at radius 2 is 1.72 bits per heavy atom. The van der Waals surface area contributed by atoms with Gasteiger partial charge in [-0.05, 0) is 49.2 Å². The fourth-order valence-electron chi connectivity index (χ4n) is 5.25. The molecule has 2 fully saturated rings. The molecule has 1 amide bonds. The molecule has 188 valence electrons. The summed E-state index contributed by atoms with van der Waals surface area (Å²) in [6.45, 7) is 3.48. The van der Waals surface area contributed by atoms with Crippen LogP contribution in [0, 0.1) is 0 Å². The highest BCUT2D eigenvalue weighted by molar-refractivity contribution is 6.05. The maximum atomic E-state index is 12.4. The molecule has 36 heavy (non-hydrogen) atoms. The van der Waals surface area contributed by atoms with Gasteiger partial charge in [0.05, 0.1) is 11.1 Å². The molecular weight excluding hydrogens is 456 g/mol. The Morgan fingerprint density at radius 1 is 0.972 bits per heavy atom. The highest BCUT2D eigenvalue weighted by Gasteiger charge is 2.26. The number of carbonyl (C=O) groups is 2. The van der Waals surface area contributed by atoms with Crippen LogP contribution in [0.2, 0.25) is 0 Å². The summed E-state index contributed by atoms with van der Waals surface area (Å²) in [6.07, 6.45) is 6.56. The number of aromatic carboxylic acids is 1. The van der Waals surface area contributed by atoms with Gasteiger partial charge in [-0.2, -0.15) is 0 Å². The normalized spacial score (nSPS) is 17.2. The summed E-state index contributed by atoms with van der Waals surface area (Å²) >= 11 is 0. The van der Waals surface area contributed by atoms with Gasteiger partial charge in [-0.3, -0.25) is 9.69 Å². The molecule has 0 spiro atoms. The van der Waals surface area contributed by atoms with E-state index in [1.54, 1.807) is 36.4 Å². The number of aromatic nitrogens is 1. The molecule has 2 heterocycles. The molecule has 1 saturated carbocycles. The Kier molecular flexibility index (Phi) is 7.32. The Labute approximate surface area is 210 Å². The second kappa shape index (κ2) is 11.0. The summed E-state index contributed by atoms with van der Waals surface area (Å²) < 4.78 is 5.49. The summed E-state index contributed by atoms with van der Waals surface area (Å²) in [5, 5.41) is 13.2. The second-order valence-corrected chi connectivity index (χ2v) is 9.53. The van der Waals surface area contributed by atoms with Crippen molar-refractivity contribution < 1.29 is 19.4 Å². The van der Waals surface area contributed by atoms with Gasteiger partial charge in [0.1, 0.15) is 11.6 Å². The maximum Gasteiger partial charge on any atom is 0.336 e. The van der Waals surface area contributed by atoms with Crippen molar-refractivity contribution >= 4 is 34.3 Å². The summed E-state index contributed by atoms with van der Waals surface area (Å²) in [5.41, 5.74) is 1.28. The van der Waals surface area contributed by atoms with Crippen LogP contribution in [0.3, 0.4) is 0 Å². The predicted octanol–water partition coefficient (Wildman–Crippen LogP) is 4.41. The van der Waals surface area contributed by atoms with Crippen molar-refractivity contribution in [2.24, 2.45) is 0 Å². The van der Waals surface area contributed by atoms with Gasteiger partial charge in [-0.15, -0.1) is 0 Å². The molecule has 2 N–H and O–H groups in total. The number of amides is 1. The Morgan fingerprint density at radius 3 is 2.44 bits per heavy atom. The van der Waals surface area contributed by atoms with Crippen molar-refractivity contribution in [1.82, 2.24) is 9.88 Å². The van der Waals surface area contributed by atoms with E-state index in [4.69, 9.17) is 9.72 Å². The number of rotatable bonds is 7. The molecule has 2 aromatic carbocycles. The number of nitrogens with one attached hydrogen (secondary N) is 1. The van der Waals surface area contributed by atoms with Crippen molar-refractivity contribution in [3.05, 3.63) is 60.2 Å². The monoisotopic (exact) mass is 488 g/mol. The Balaban J connectivity index is 1.28. The first-order valence-corrected chi connectivity index (χ1v) is 12.7. The molecule has 0 unspecified atom stereocenters. The first kappa shape index (κ1) is 24.1. The minimum atomic E-state index is -1.01. The van der Waals surface area contributed by atoms with Crippen molar-refractivity contribution in [3.8, 4) is 5.75 Å². The van der Waals surface area contributed by atoms with Crippen LogP contribution >= 0.6 is 0 Å². The number of carboxylic acids is 1. The van der Waals surface area contributed by atoms with Crippen molar-refractivity contribution in [2.45, 2.75) is 38.1 Å². The van der Waals surface area contributed by atoms with Crippen LogP contribution in [-0.4, -0.2) is 65.7 Å². The van der Waals surface area contributed by atoms with Gasteiger partial charge in [-0.1, -0.05) is 37.5 Å². The molecule has 3 aromatic rings. The highest BCUT2D eigenvalue weighted by Crippen LogP contribution is 2.28. The van der Waals surface area contributed by atoms with Crippen molar-refractivity contribution in [1.29, 1.82) is 0 Å². The topological polar surface area (TPSA) is 95.0 Å². The predicted molar refractivity (Wildman–Crippen MR) is 140 cm³/mol. The molecule has 0 radical (unpaired) electrons. The zero-order valence-electron chi connectivity index (χ0n) is 20.4. The van der Waals surface area contributed by atoms with Gasteiger partial charge in [0, 0.05) is 43.3 Å². The van der Waals surface area contributed by atoms with E-state index in [0.717, 1.165) is 26.2 Å². The summed E-state index contributed by atoms with van der Waals surface area (Å²) in [4.78, 5) is 34.1. The van der Waals surface area contributed by atoms with Crippen LogP contribution < -0.4 is 15.0 Å². The first-order valence-electron chi connectivity index (χ1n) is 12.7. The molecule has 1 aliphatic heterocycles. The average molecular weight is 489 g/mol. The van der Waals surface area contributed by atoms with E-state index in [9.17, 15) is 14.7 Å². The number of hydrogen-bond donors (Lipinski definition) is 2. The molecular formula is C28H32N4O4. The molecule has 0 bridgehead atoms. The van der Waals surface area contributed by atoms with Crippen molar-refractivity contribution in [2.75, 3.05) is 43.0 Å². The van der Waals surface area contributed by atoms with Gasteiger partial charge in [0.2, 0.25) is 0 Å². The molecule has 1 aromatic heterocycles. The highest BCUT2D eigenvalue weighted by atomic mass is 16.5. The molecule has 8 nitrogen and oxygen atoms in total. The largest absolute Gasteiger partial charge is 0.484 e. The molecule has 1 aliphatic carbocycles. The lowest BCUT2D eigenvalue weighted by Crippen LogP contribution is -2.51. The third-order valence-corrected chi connectivity index (χ3v) is 7.15. The Bertz CT molecular complexity index is 1220. The number of benzene rings is 2. The number of hydrogen-bond acceptors (Lipinski definition) is 6. The number of para-hydroxylation sites is 1. The van der Waals surface area contributed by atoms with Gasteiger partial charge in [0.15, 0.2) is 6.61 Å². The van der Waals surface area contributed by atoms with Crippen LogP contribution in [-0.2, 0) is 4.79 Å². The van der Waals surface area contributed by atoms with Gasteiger partial charge < -0.3 is 20.1 Å². The second-order valence-electron chi connectivity index (χ2n) is 9.53. The third kappa shape index (κ3) is 5.60. The standard InChI is InChI=1S/C28H32N4O4/c33-27(19-36-22-9-5-2-6-10-22)29-20-11-12-25-23(17-20)24(28(34)35)18-26(30-25)32-15-13-31(14-16-32)21-7-3-1-4-8-21/h2,5-6,9-12,17-18,21H,1,3-4,7-8,13-16,19H2,(H,29,33)(H,34,35). The lowest BCUT2D eigenvalue weighted by Gasteiger charge is -2.41. The maximum absolute atomic E-state index is 12.4. The van der Waals surface area contributed by atoms with E-state index in [0.29, 0.717) is 34.2 Å². The van der Waals surface area contributed by atoms with Crippen molar-refractivity contribution in [3.63, 3.8) is 0 Å². The quantitative estimate of drug-likeness (QED) is 0.509. The number of carboxylic acid groups (broad SMARTS) is 1. The zero-order chi connectivity index (χ0) is 24.9. The zero-order valence-corrected chi connectivity index (χ0v) is 20.4. The van der Waals surface area contributed by atoms with Crippen LogP contribution in [0.25, 0.3) is 10.9 Å². The van der Waals surface area contributed by atoms with Gasteiger partial charge in [0.25, 0.3) is 5.91 Å². The van der Waals surface area contributed by atoms with E-state index in [1.165, 1.54) is 32.1 Å². The fraction of sp³-hybridized carbons (Fsp3) is 0.393. The molecule has 8 heteroatoms. The van der Waals surface area contributed by atoms with E-state index in [2.05, 4.69) is 15.1 Å². The number of fused-ring (bicyclic) bond motifs is 1. The smallest absolute Gasteiger partial charge is 0.336 e. The van der Waals surface area contributed by atoms with Crippen LogP contribution in [0.1, 0.15) is 42.5 Å². The van der Waals surface area contributed by atoms with Gasteiger partial charge in [-0.25, -0.2) is 9.78 Å². The molecule has 1 saturated heterocycles. The number of pyridine rings is 1. The molecule has 5 rings (SSSR count). The SMILES string of the molecule is O=C(COc1ccccc1)Nc1ccc2nc(N3CCN(C4CCCCC4)CC3)cc(C(=O)O)c2c1. The first-order chi connectivity index (χ1) is 17.6. The lowest BCUT2D eigenvalue weighted by molar-refractivity contribution is -0.118. The van der Waals surface area contributed by atoms with E-state index in [1.807, 2.05) is 18.2 Å². The van der Waals surface area contributed by atoms with E-state index < -0.39 is 5.97 Å². The number of anilines is 2. The van der Waals surface area contributed by atoms with Crippen LogP contribution in [0.4, 0.5) is 11.5 Å². The number of nitrogens with zero attached hydrogens (tertiary/aromatic N) is 3. The lowest BCUT2D eigenvalue weighted by atomic mass is 9.94.